The molecule has 1 fully saturated rings. The molecular weight excluding hydrogens is 511 g/mol. The summed E-state index contributed by atoms with van der Waals surface area (Å²) in [6.45, 7) is 5.02. The van der Waals surface area contributed by atoms with E-state index in [-0.39, 0.29) is 22.6 Å². The minimum atomic E-state index is -1.29. The summed E-state index contributed by atoms with van der Waals surface area (Å²) in [5.74, 6) is 0.310. The fourth-order valence-electron chi connectivity index (χ4n) is 4.68. The topological polar surface area (TPSA) is 125 Å². The summed E-state index contributed by atoms with van der Waals surface area (Å²) in [4.78, 5) is 17.2. The fraction of sp³-hybridized carbons (Fsp3) is 0.423. The number of likely N-dealkylation sites (N-methyl/N-ethyl adjacent to an activating group) is 1. The molecular formula is C26H34ClFN8O2. The number of methoxy groups -OCH3 is 1. The Morgan fingerprint density at radius 2 is 1.87 bits per heavy atom. The lowest BCUT2D eigenvalue weighted by Crippen LogP contribution is -2.37. The van der Waals surface area contributed by atoms with E-state index in [0.29, 0.717) is 28.7 Å². The number of hydrogen-bond acceptors (Lipinski definition) is 10. The first-order chi connectivity index (χ1) is 18.0. The number of anilines is 6. The van der Waals surface area contributed by atoms with Gasteiger partial charge in [-0.3, -0.25) is 0 Å². The molecule has 10 nitrogen and oxygen atoms in total. The van der Waals surface area contributed by atoms with Gasteiger partial charge in [0.2, 0.25) is 11.9 Å². The van der Waals surface area contributed by atoms with Crippen LogP contribution in [0.5, 0.6) is 5.75 Å². The maximum Gasteiger partial charge on any atom is 0.232 e. The molecule has 2 heterocycles. The number of ether oxygens (including phenoxy) is 1. The Morgan fingerprint density at radius 1 is 1.18 bits per heavy atom. The third kappa shape index (κ3) is 6.17. The molecule has 1 aromatic heterocycles. The number of hydrogen-bond donors (Lipinski definition) is 4. The van der Waals surface area contributed by atoms with E-state index in [1.807, 2.05) is 6.07 Å². The number of nitrogens with two attached hydrogens (primary N) is 1. The second kappa shape index (κ2) is 11.1. The quantitative estimate of drug-likeness (QED) is 0.286. The van der Waals surface area contributed by atoms with Gasteiger partial charge in [0.15, 0.2) is 0 Å². The van der Waals surface area contributed by atoms with E-state index >= 15 is 0 Å². The first-order valence-corrected chi connectivity index (χ1v) is 12.7. The summed E-state index contributed by atoms with van der Waals surface area (Å²) in [6, 6.07) is 6.67. The molecule has 0 amide bonds. The summed E-state index contributed by atoms with van der Waals surface area (Å²) in [6.07, 6.45) is 3.52. The summed E-state index contributed by atoms with van der Waals surface area (Å²) in [5, 5.41) is 16.5. The second-order valence-electron chi connectivity index (χ2n) is 10.1. The van der Waals surface area contributed by atoms with E-state index in [4.69, 9.17) is 22.1 Å². The maximum absolute atomic E-state index is 14.2. The van der Waals surface area contributed by atoms with Gasteiger partial charge in [-0.2, -0.15) is 4.98 Å². The number of aliphatic hydroxyl groups is 1. The molecule has 5 N–H and O–H groups in total. The van der Waals surface area contributed by atoms with Gasteiger partial charge in [0, 0.05) is 36.4 Å². The van der Waals surface area contributed by atoms with Gasteiger partial charge in [0.05, 0.1) is 34.8 Å². The van der Waals surface area contributed by atoms with Crippen molar-refractivity contribution < 1.29 is 14.2 Å². The fourth-order valence-corrected chi connectivity index (χ4v) is 4.84. The summed E-state index contributed by atoms with van der Waals surface area (Å²) < 4.78 is 19.9. The van der Waals surface area contributed by atoms with E-state index in [1.165, 1.54) is 18.5 Å². The Hall–Kier alpha value is -3.41. The number of halogens is 2. The van der Waals surface area contributed by atoms with Crippen LogP contribution in [-0.4, -0.2) is 65.3 Å². The van der Waals surface area contributed by atoms with Crippen molar-refractivity contribution in [3.8, 4) is 5.75 Å². The van der Waals surface area contributed by atoms with Crippen molar-refractivity contribution in [2.24, 2.45) is 0 Å². The summed E-state index contributed by atoms with van der Waals surface area (Å²) in [7, 11) is 5.73. The van der Waals surface area contributed by atoms with Gasteiger partial charge in [-0.15, -0.1) is 0 Å². The molecule has 4 rings (SSSR count). The molecule has 0 bridgehead atoms. The van der Waals surface area contributed by atoms with Crippen molar-refractivity contribution in [2.45, 2.75) is 38.3 Å². The smallest absolute Gasteiger partial charge is 0.232 e. The van der Waals surface area contributed by atoms with Crippen molar-refractivity contribution in [3.63, 3.8) is 0 Å². The molecule has 204 valence electrons. The summed E-state index contributed by atoms with van der Waals surface area (Å²) in [5.41, 5.74) is 8.00. The first kappa shape index (κ1) is 27.6. The van der Waals surface area contributed by atoms with Crippen molar-refractivity contribution in [2.75, 3.05) is 55.6 Å². The highest BCUT2D eigenvalue weighted by Crippen LogP contribution is 2.39. The predicted molar refractivity (Wildman–Crippen MR) is 149 cm³/mol. The number of nitrogens with zero attached hydrogens (tertiary/aromatic N) is 5. The van der Waals surface area contributed by atoms with Crippen LogP contribution in [0.3, 0.4) is 0 Å². The number of benzene rings is 2. The molecule has 0 spiro atoms. The third-order valence-electron chi connectivity index (χ3n) is 6.40. The summed E-state index contributed by atoms with van der Waals surface area (Å²) >= 11 is 5.94. The molecule has 0 saturated carbocycles. The largest absolute Gasteiger partial charge is 0.494 e. The Balaban J connectivity index is 1.60. The Kier molecular flexibility index (Phi) is 8.10. The molecule has 12 heteroatoms. The highest BCUT2D eigenvalue weighted by Gasteiger charge is 2.28. The lowest BCUT2D eigenvalue weighted by Gasteiger charge is -2.30. The number of rotatable bonds is 9. The van der Waals surface area contributed by atoms with Crippen LogP contribution in [0.2, 0.25) is 5.02 Å². The Morgan fingerprint density at radius 3 is 2.50 bits per heavy atom. The van der Waals surface area contributed by atoms with Crippen molar-refractivity contribution in [1.29, 1.82) is 0 Å². The Labute approximate surface area is 227 Å². The van der Waals surface area contributed by atoms with Crippen LogP contribution in [0.4, 0.5) is 39.0 Å². The Bertz CT molecular complexity index is 1300. The van der Waals surface area contributed by atoms with Crippen LogP contribution in [0.25, 0.3) is 0 Å². The predicted octanol–water partition coefficient (Wildman–Crippen LogP) is 4.50. The molecule has 2 aromatic carbocycles. The molecule has 0 unspecified atom stereocenters. The molecule has 1 saturated heterocycles. The molecule has 0 radical (unpaired) electrons. The lowest BCUT2D eigenvalue weighted by molar-refractivity contribution is 0.0793. The number of nitrogens with one attached hydrogen (secondary N) is 2. The zero-order valence-corrected chi connectivity index (χ0v) is 23.0. The monoisotopic (exact) mass is 544 g/mol. The molecule has 0 aliphatic carbocycles. The van der Waals surface area contributed by atoms with Crippen LogP contribution in [0.1, 0.15) is 32.3 Å². The van der Waals surface area contributed by atoms with Crippen LogP contribution >= 0.6 is 11.6 Å². The third-order valence-corrected chi connectivity index (χ3v) is 6.69. The SMILES string of the molecule is COc1cc(N2CCC[C@@H]2CN(C)C)c(N)cc1Nc1ncnc(Nc2cc(F)c(Cl)cc2C(C)(C)O)n1. The first-order valence-electron chi connectivity index (χ1n) is 12.3. The highest BCUT2D eigenvalue weighted by atomic mass is 35.5. The van der Waals surface area contributed by atoms with Gasteiger partial charge in [-0.05, 0) is 59.0 Å². The van der Waals surface area contributed by atoms with Crippen molar-refractivity contribution >= 4 is 46.2 Å². The zero-order valence-electron chi connectivity index (χ0n) is 22.2. The van der Waals surface area contributed by atoms with E-state index < -0.39 is 11.4 Å². The standard InChI is InChI=1S/C26H34ClFN8O2/c1-26(2,37)16-9-17(27)18(28)10-20(16)32-24-30-14-31-25(34-24)33-21-11-19(29)22(12-23(21)38-5)36-8-6-7-15(36)13-35(3)4/h9-12,14-15,37H,6-8,13,29H2,1-5H3,(H2,30,31,32,33,34)/t15-/m1/s1. The van der Waals surface area contributed by atoms with E-state index in [1.54, 1.807) is 27.0 Å². The van der Waals surface area contributed by atoms with Gasteiger partial charge in [0.1, 0.15) is 17.9 Å². The number of aromatic nitrogens is 3. The normalized spacial score (nSPS) is 15.7. The van der Waals surface area contributed by atoms with Crippen molar-refractivity contribution in [3.05, 3.63) is 47.0 Å². The molecule has 3 aromatic rings. The van der Waals surface area contributed by atoms with E-state index in [2.05, 4.69) is 49.5 Å². The van der Waals surface area contributed by atoms with Crippen molar-refractivity contribution in [1.82, 2.24) is 19.9 Å². The highest BCUT2D eigenvalue weighted by molar-refractivity contribution is 6.30. The minimum absolute atomic E-state index is 0.0965. The van der Waals surface area contributed by atoms with Crippen LogP contribution in [0.15, 0.2) is 30.6 Å². The lowest BCUT2D eigenvalue weighted by atomic mass is 9.96. The maximum atomic E-state index is 14.2. The van der Waals surface area contributed by atoms with Gasteiger partial charge >= 0.3 is 0 Å². The molecule has 1 aliphatic rings. The van der Waals surface area contributed by atoms with Crippen LogP contribution in [-0.2, 0) is 5.60 Å². The molecule has 1 aliphatic heterocycles. The average molecular weight is 545 g/mol. The van der Waals surface area contributed by atoms with Gasteiger partial charge in [0.25, 0.3) is 0 Å². The minimum Gasteiger partial charge on any atom is -0.494 e. The van der Waals surface area contributed by atoms with E-state index in [9.17, 15) is 9.50 Å². The van der Waals surface area contributed by atoms with Crippen LogP contribution in [0, 0.1) is 5.82 Å². The van der Waals surface area contributed by atoms with Gasteiger partial charge in [-0.1, -0.05) is 11.6 Å². The van der Waals surface area contributed by atoms with Gasteiger partial charge in [-0.25, -0.2) is 14.4 Å². The average Bonchev–Trinajstić information content (AvgIpc) is 3.28. The van der Waals surface area contributed by atoms with E-state index in [0.717, 1.165) is 31.6 Å². The zero-order chi connectivity index (χ0) is 27.6. The second-order valence-corrected chi connectivity index (χ2v) is 10.5. The number of nitrogen functional groups attached to an aromatic ring is 1. The van der Waals surface area contributed by atoms with Crippen LogP contribution < -0.4 is 26.0 Å². The van der Waals surface area contributed by atoms with Gasteiger partial charge < -0.3 is 36.0 Å². The molecule has 38 heavy (non-hydrogen) atoms. The molecule has 1 atom stereocenters.